The van der Waals surface area contributed by atoms with Crippen LogP contribution in [0.25, 0.3) is 11.0 Å². The van der Waals surface area contributed by atoms with Crippen molar-refractivity contribution >= 4 is 57.6 Å². The molecule has 13 heteroatoms. The van der Waals surface area contributed by atoms with E-state index in [1.165, 1.54) is 42.2 Å². The number of aromatic nitrogens is 2. The highest BCUT2D eigenvalue weighted by Crippen LogP contribution is 2.34. The Morgan fingerprint density at radius 2 is 1.56 bits per heavy atom. The van der Waals surface area contributed by atoms with Crippen LogP contribution in [0.3, 0.4) is 0 Å². The van der Waals surface area contributed by atoms with Gasteiger partial charge < -0.3 is 19.7 Å². The van der Waals surface area contributed by atoms with Gasteiger partial charge in [0.2, 0.25) is 17.6 Å². The molecule has 0 atom stereocenters. The third kappa shape index (κ3) is 5.12. The summed E-state index contributed by atoms with van der Waals surface area (Å²) in [4.78, 5) is 43.9. The number of rotatable bonds is 4. The summed E-state index contributed by atoms with van der Waals surface area (Å²) in [6.07, 6.45) is -4.86. The number of carbonyl (C=O) groups is 3. The Kier molecular flexibility index (Phi) is 7.14. The zero-order valence-corrected chi connectivity index (χ0v) is 20.4. The highest BCUT2D eigenvalue weighted by atomic mass is 35.5. The minimum absolute atomic E-state index is 0.000239. The molecule has 4 rings (SSSR count). The summed E-state index contributed by atoms with van der Waals surface area (Å²) >= 11 is 12.2. The maximum absolute atomic E-state index is 13.9. The molecule has 1 N–H and O–H groups in total. The number of benzene rings is 2. The first-order chi connectivity index (χ1) is 17.0. The average molecular weight is 542 g/mol. The van der Waals surface area contributed by atoms with Crippen molar-refractivity contribution in [2.75, 3.05) is 31.5 Å². The van der Waals surface area contributed by atoms with E-state index in [4.69, 9.17) is 23.2 Å². The zero-order valence-electron chi connectivity index (χ0n) is 18.9. The van der Waals surface area contributed by atoms with Gasteiger partial charge in [-0.05, 0) is 24.3 Å². The van der Waals surface area contributed by atoms with Gasteiger partial charge in [0.05, 0.1) is 26.8 Å². The molecule has 3 aromatic rings. The Labute approximate surface area is 213 Å². The van der Waals surface area contributed by atoms with Crippen molar-refractivity contribution in [2.24, 2.45) is 0 Å². The number of para-hydroxylation sites is 1. The fraction of sp³-hybridized carbons (Fsp3) is 0.304. The quantitative estimate of drug-likeness (QED) is 0.533. The number of nitrogens with zero attached hydrogens (tertiary/aromatic N) is 4. The summed E-state index contributed by atoms with van der Waals surface area (Å²) in [6, 6.07) is 8.70. The van der Waals surface area contributed by atoms with Crippen LogP contribution in [-0.2, 0) is 22.3 Å². The van der Waals surface area contributed by atoms with Crippen molar-refractivity contribution in [1.29, 1.82) is 0 Å². The van der Waals surface area contributed by atoms with Crippen molar-refractivity contribution in [3.8, 4) is 0 Å². The van der Waals surface area contributed by atoms with Crippen LogP contribution in [0.15, 0.2) is 36.4 Å². The van der Waals surface area contributed by atoms with E-state index in [2.05, 4.69) is 10.3 Å². The maximum Gasteiger partial charge on any atom is 0.449 e. The number of imidazole rings is 1. The lowest BCUT2D eigenvalue weighted by Crippen LogP contribution is -2.50. The lowest BCUT2D eigenvalue weighted by molar-refractivity contribution is -0.148. The first kappa shape index (κ1) is 25.8. The van der Waals surface area contributed by atoms with E-state index < -0.39 is 30.4 Å². The van der Waals surface area contributed by atoms with Crippen molar-refractivity contribution in [1.82, 2.24) is 19.4 Å². The summed E-state index contributed by atoms with van der Waals surface area (Å²) in [6.45, 7) is 1.84. The summed E-state index contributed by atoms with van der Waals surface area (Å²) in [5, 5.41) is 2.67. The van der Waals surface area contributed by atoms with Gasteiger partial charge in [-0.3, -0.25) is 14.4 Å². The molecule has 2 aromatic carbocycles. The number of amides is 3. The van der Waals surface area contributed by atoms with Gasteiger partial charge in [-0.25, -0.2) is 4.98 Å². The largest absolute Gasteiger partial charge is 0.449 e. The normalized spacial score (nSPS) is 14.3. The monoisotopic (exact) mass is 541 g/mol. The van der Waals surface area contributed by atoms with Crippen molar-refractivity contribution in [2.45, 2.75) is 19.6 Å². The Bertz CT molecular complexity index is 1330. The number of fused-ring (bicyclic) bond motifs is 1. The minimum Gasteiger partial charge on any atom is -0.339 e. The van der Waals surface area contributed by atoms with Gasteiger partial charge >= 0.3 is 6.18 Å². The second-order valence-electron chi connectivity index (χ2n) is 8.13. The molecule has 1 aliphatic rings. The van der Waals surface area contributed by atoms with Gasteiger partial charge in [-0.15, -0.1) is 0 Å². The number of nitrogens with one attached hydrogen (secondary N) is 1. The molecule has 2 heterocycles. The number of anilines is 1. The zero-order chi connectivity index (χ0) is 26.2. The topological polar surface area (TPSA) is 87.5 Å². The van der Waals surface area contributed by atoms with Gasteiger partial charge in [-0.2, -0.15) is 13.2 Å². The molecule has 0 saturated carbocycles. The molecule has 0 aliphatic carbocycles. The Balaban J connectivity index is 1.66. The predicted molar refractivity (Wildman–Crippen MR) is 128 cm³/mol. The highest BCUT2D eigenvalue weighted by Gasteiger charge is 2.39. The second kappa shape index (κ2) is 9.98. The van der Waals surface area contributed by atoms with Crippen LogP contribution in [0, 0.1) is 0 Å². The number of piperazine rings is 1. The molecular formula is C23H20Cl2F3N5O3. The molecule has 190 valence electrons. The van der Waals surface area contributed by atoms with Crippen LogP contribution < -0.4 is 5.32 Å². The van der Waals surface area contributed by atoms with Crippen LogP contribution in [0.4, 0.5) is 18.9 Å². The molecule has 1 aliphatic heterocycles. The summed E-state index contributed by atoms with van der Waals surface area (Å²) in [5.74, 6) is -2.67. The van der Waals surface area contributed by atoms with Crippen LogP contribution in [0.5, 0.6) is 0 Å². The van der Waals surface area contributed by atoms with Crippen molar-refractivity contribution in [3.63, 3.8) is 0 Å². The first-order valence-corrected chi connectivity index (χ1v) is 11.6. The van der Waals surface area contributed by atoms with Crippen LogP contribution in [0.2, 0.25) is 10.0 Å². The van der Waals surface area contributed by atoms with E-state index in [1.807, 2.05) is 0 Å². The molecule has 8 nitrogen and oxygen atoms in total. The van der Waals surface area contributed by atoms with Crippen LogP contribution in [-0.4, -0.2) is 63.3 Å². The van der Waals surface area contributed by atoms with E-state index in [9.17, 15) is 27.6 Å². The molecule has 0 spiro atoms. The lowest BCUT2D eigenvalue weighted by atomic mass is 10.2. The van der Waals surface area contributed by atoms with Gasteiger partial charge in [0.1, 0.15) is 12.1 Å². The summed E-state index contributed by atoms with van der Waals surface area (Å²) < 4.78 is 42.5. The SMILES string of the molecule is CC(=O)N1CCN(C(=O)Cn2c(C(F)(F)F)nc3c(NC(=O)c4c(Cl)cccc4Cl)cccc32)CC1. The van der Waals surface area contributed by atoms with E-state index in [-0.39, 0.29) is 51.3 Å². The summed E-state index contributed by atoms with van der Waals surface area (Å²) in [5.41, 5.74) is -0.162. The van der Waals surface area contributed by atoms with Gasteiger partial charge in [0.25, 0.3) is 5.91 Å². The molecule has 3 amide bonds. The standard InChI is InChI=1S/C23H20Cl2F3N5O3/c1-13(34)31-8-10-32(11-9-31)18(35)12-33-17-7-3-6-16(20(17)30-22(33)23(26,27)28)29-21(36)19-14(24)4-2-5-15(19)25/h2-7H,8-12H2,1H3,(H,29,36). The third-order valence-electron chi connectivity index (χ3n) is 5.84. The van der Waals surface area contributed by atoms with Crippen LogP contribution >= 0.6 is 23.2 Å². The highest BCUT2D eigenvalue weighted by molar-refractivity contribution is 6.40. The molecule has 1 saturated heterocycles. The van der Waals surface area contributed by atoms with Crippen molar-refractivity contribution < 1.29 is 27.6 Å². The van der Waals surface area contributed by atoms with E-state index in [0.717, 1.165) is 4.57 Å². The number of halogens is 5. The number of hydrogen-bond donors (Lipinski definition) is 1. The average Bonchev–Trinajstić information content (AvgIpc) is 3.19. The molecule has 1 fully saturated rings. The lowest BCUT2D eigenvalue weighted by Gasteiger charge is -2.34. The van der Waals surface area contributed by atoms with Crippen molar-refractivity contribution in [3.05, 3.63) is 57.8 Å². The van der Waals surface area contributed by atoms with Gasteiger partial charge in [-0.1, -0.05) is 35.3 Å². The molecule has 1 aromatic heterocycles. The van der Waals surface area contributed by atoms with E-state index in [0.29, 0.717) is 13.1 Å². The Morgan fingerprint density at radius 3 is 2.14 bits per heavy atom. The molecule has 0 radical (unpaired) electrons. The predicted octanol–water partition coefficient (Wildman–Crippen LogP) is 4.30. The fourth-order valence-electron chi connectivity index (χ4n) is 4.03. The molecule has 36 heavy (non-hydrogen) atoms. The second-order valence-corrected chi connectivity index (χ2v) is 8.94. The summed E-state index contributed by atoms with van der Waals surface area (Å²) in [7, 11) is 0. The maximum atomic E-state index is 13.9. The van der Waals surface area contributed by atoms with Gasteiger partial charge in [0.15, 0.2) is 0 Å². The Morgan fingerprint density at radius 1 is 0.972 bits per heavy atom. The number of alkyl halides is 3. The molecule has 0 bridgehead atoms. The molecular weight excluding hydrogens is 522 g/mol. The van der Waals surface area contributed by atoms with E-state index >= 15 is 0 Å². The number of carbonyl (C=O) groups excluding carboxylic acids is 3. The van der Waals surface area contributed by atoms with Crippen LogP contribution in [0.1, 0.15) is 23.1 Å². The smallest absolute Gasteiger partial charge is 0.339 e. The minimum atomic E-state index is -4.86. The Hall–Kier alpha value is -3.31. The number of hydrogen-bond acceptors (Lipinski definition) is 4. The third-order valence-corrected chi connectivity index (χ3v) is 6.47. The molecule has 0 unspecified atom stereocenters. The fourth-order valence-corrected chi connectivity index (χ4v) is 4.60. The van der Waals surface area contributed by atoms with Gasteiger partial charge in [0, 0.05) is 33.1 Å². The van der Waals surface area contributed by atoms with E-state index in [1.54, 1.807) is 11.0 Å². The first-order valence-electron chi connectivity index (χ1n) is 10.8.